The van der Waals surface area contributed by atoms with Crippen LogP contribution in [0.5, 0.6) is 0 Å². The van der Waals surface area contributed by atoms with Crippen LogP contribution in [0, 0.1) is 11.8 Å². The fourth-order valence-electron chi connectivity index (χ4n) is 2.69. The van der Waals surface area contributed by atoms with Crippen molar-refractivity contribution >= 4 is 21.7 Å². The Hall–Kier alpha value is -0.680. The third-order valence-electron chi connectivity index (χ3n) is 3.63. The summed E-state index contributed by atoms with van der Waals surface area (Å²) >= 11 is 3.41. The molecule has 0 amide bonds. The predicted molar refractivity (Wildman–Crippen MR) is 69.8 cm³/mol. The molecule has 4 nitrogen and oxygen atoms in total. The smallest absolute Gasteiger partial charge is 0.185 e. The molecule has 1 heterocycles. The van der Waals surface area contributed by atoms with Gasteiger partial charge in [0.1, 0.15) is 5.69 Å². The number of nitrogens with zero attached hydrogens (tertiary/aromatic N) is 2. The van der Waals surface area contributed by atoms with Crippen LogP contribution in [0.15, 0.2) is 10.7 Å². The minimum Gasteiger partial charge on any atom is -0.330 e. The highest BCUT2D eigenvalue weighted by Gasteiger charge is 2.34. The molecule has 17 heavy (non-hydrogen) atoms. The molecular weight excluding hydrogens is 282 g/mol. The molecule has 2 N–H and O–H groups in total. The maximum Gasteiger partial charge on any atom is 0.185 e. The van der Waals surface area contributed by atoms with Gasteiger partial charge in [-0.1, -0.05) is 6.42 Å². The summed E-state index contributed by atoms with van der Waals surface area (Å²) in [5.74, 6) is 0.622. The fraction of sp³-hybridized carbons (Fsp3) is 0.667. The zero-order valence-electron chi connectivity index (χ0n) is 10.0. The highest BCUT2D eigenvalue weighted by molar-refractivity contribution is 9.10. The summed E-state index contributed by atoms with van der Waals surface area (Å²) in [5, 5.41) is 4.20. The Bertz CT molecular complexity index is 416. The molecule has 0 saturated heterocycles. The van der Waals surface area contributed by atoms with Gasteiger partial charge in [-0.2, -0.15) is 5.10 Å². The summed E-state index contributed by atoms with van der Waals surface area (Å²) < 4.78 is 2.56. The quantitative estimate of drug-likeness (QED) is 0.867. The summed E-state index contributed by atoms with van der Waals surface area (Å²) in [4.78, 5) is 12.5. The molecule has 1 fully saturated rings. The lowest BCUT2D eigenvalue weighted by Crippen LogP contribution is -2.27. The Kier molecular flexibility index (Phi) is 3.99. The van der Waals surface area contributed by atoms with E-state index in [0.717, 1.165) is 23.7 Å². The van der Waals surface area contributed by atoms with E-state index in [2.05, 4.69) is 21.0 Å². The van der Waals surface area contributed by atoms with Crippen LogP contribution in [0.3, 0.4) is 0 Å². The Balaban J connectivity index is 2.27. The first-order valence-corrected chi connectivity index (χ1v) is 6.93. The fourth-order valence-corrected chi connectivity index (χ4v) is 3.18. The summed E-state index contributed by atoms with van der Waals surface area (Å²) in [6.07, 6.45) is 4.84. The second-order valence-electron chi connectivity index (χ2n) is 4.55. The van der Waals surface area contributed by atoms with Crippen molar-refractivity contribution < 1.29 is 4.79 Å². The second-order valence-corrected chi connectivity index (χ2v) is 5.41. The zero-order chi connectivity index (χ0) is 12.4. The molecule has 5 heteroatoms. The Morgan fingerprint density at radius 1 is 1.65 bits per heavy atom. The Morgan fingerprint density at radius 3 is 3.06 bits per heavy atom. The van der Waals surface area contributed by atoms with Crippen molar-refractivity contribution in [3.63, 3.8) is 0 Å². The van der Waals surface area contributed by atoms with Gasteiger partial charge in [0.25, 0.3) is 0 Å². The normalized spacial score (nSPS) is 24.2. The molecule has 94 valence electrons. The zero-order valence-corrected chi connectivity index (χ0v) is 11.6. The minimum absolute atomic E-state index is 0.0818. The van der Waals surface area contributed by atoms with E-state index >= 15 is 0 Å². The third-order valence-corrected chi connectivity index (χ3v) is 4.21. The van der Waals surface area contributed by atoms with E-state index in [0.29, 0.717) is 24.7 Å². The minimum atomic E-state index is 0.0818. The summed E-state index contributed by atoms with van der Waals surface area (Å²) in [6.45, 7) is 3.31. The number of rotatable bonds is 4. The predicted octanol–water partition coefficient (Wildman–Crippen LogP) is 2.22. The van der Waals surface area contributed by atoms with E-state index in [1.165, 1.54) is 0 Å². The molecule has 2 rings (SSSR count). The average Bonchev–Trinajstić information content (AvgIpc) is 2.93. The number of nitrogens with two attached hydrogens (primary N) is 1. The van der Waals surface area contributed by atoms with Gasteiger partial charge in [-0.3, -0.25) is 9.48 Å². The van der Waals surface area contributed by atoms with E-state index in [4.69, 9.17) is 5.73 Å². The van der Waals surface area contributed by atoms with E-state index < -0.39 is 0 Å². The number of hydrogen-bond donors (Lipinski definition) is 1. The number of Topliss-reactive ketones (excluding diaryl/α,β-unsaturated/α-hetero) is 1. The molecule has 0 aromatic carbocycles. The average molecular weight is 300 g/mol. The second kappa shape index (κ2) is 5.31. The molecule has 0 spiro atoms. The van der Waals surface area contributed by atoms with Crippen LogP contribution in [0.1, 0.15) is 36.7 Å². The number of carbonyl (C=O) groups excluding carboxylic acids is 1. The first-order valence-electron chi connectivity index (χ1n) is 6.14. The number of ketones is 1. The molecule has 1 aromatic rings. The Morgan fingerprint density at radius 2 is 2.41 bits per heavy atom. The number of hydrogen-bond acceptors (Lipinski definition) is 3. The lowest BCUT2D eigenvalue weighted by Gasteiger charge is -2.17. The monoisotopic (exact) mass is 299 g/mol. The molecular formula is C12H18BrN3O. The summed E-state index contributed by atoms with van der Waals surface area (Å²) in [7, 11) is 0. The Labute approximate surface area is 110 Å². The number of halogens is 1. The van der Waals surface area contributed by atoms with Crippen molar-refractivity contribution in [2.45, 2.75) is 32.7 Å². The molecule has 1 aliphatic rings. The SMILES string of the molecule is CCn1ncc(Br)c1C(=O)C1CCCC1CN. The van der Waals surface area contributed by atoms with Crippen molar-refractivity contribution in [3.8, 4) is 0 Å². The van der Waals surface area contributed by atoms with Crippen molar-refractivity contribution in [1.82, 2.24) is 9.78 Å². The molecule has 2 unspecified atom stereocenters. The van der Waals surface area contributed by atoms with Crippen LogP contribution in [0.2, 0.25) is 0 Å². The third kappa shape index (κ3) is 2.31. The van der Waals surface area contributed by atoms with E-state index in [9.17, 15) is 4.79 Å². The lowest BCUT2D eigenvalue weighted by molar-refractivity contribution is 0.0881. The van der Waals surface area contributed by atoms with Crippen LogP contribution >= 0.6 is 15.9 Å². The van der Waals surface area contributed by atoms with Gasteiger partial charge in [-0.15, -0.1) is 0 Å². The summed E-state index contributed by atoms with van der Waals surface area (Å²) in [5.41, 5.74) is 6.44. The van der Waals surface area contributed by atoms with Crippen LogP contribution in [-0.4, -0.2) is 22.1 Å². The highest BCUT2D eigenvalue weighted by atomic mass is 79.9. The number of aryl methyl sites for hydroxylation is 1. The van der Waals surface area contributed by atoms with Gasteiger partial charge in [0.05, 0.1) is 10.7 Å². The maximum absolute atomic E-state index is 12.5. The molecule has 1 saturated carbocycles. The van der Waals surface area contributed by atoms with E-state index in [1.54, 1.807) is 10.9 Å². The molecule has 1 aliphatic carbocycles. The highest BCUT2D eigenvalue weighted by Crippen LogP contribution is 2.34. The largest absolute Gasteiger partial charge is 0.330 e. The van der Waals surface area contributed by atoms with Crippen LogP contribution in [0.4, 0.5) is 0 Å². The number of aromatic nitrogens is 2. The summed E-state index contributed by atoms with van der Waals surface area (Å²) in [6, 6.07) is 0. The first kappa shape index (κ1) is 12.8. The van der Waals surface area contributed by atoms with E-state index in [-0.39, 0.29) is 11.7 Å². The van der Waals surface area contributed by atoms with Crippen molar-refractivity contribution in [2.24, 2.45) is 17.6 Å². The van der Waals surface area contributed by atoms with Crippen molar-refractivity contribution in [2.75, 3.05) is 6.54 Å². The van der Waals surface area contributed by atoms with Gasteiger partial charge < -0.3 is 5.73 Å². The number of carbonyl (C=O) groups is 1. The maximum atomic E-state index is 12.5. The van der Waals surface area contributed by atoms with Crippen molar-refractivity contribution in [3.05, 3.63) is 16.4 Å². The van der Waals surface area contributed by atoms with Crippen molar-refractivity contribution in [1.29, 1.82) is 0 Å². The first-order chi connectivity index (χ1) is 8.19. The van der Waals surface area contributed by atoms with Gasteiger partial charge in [-0.25, -0.2) is 0 Å². The van der Waals surface area contributed by atoms with E-state index in [1.807, 2.05) is 6.92 Å². The van der Waals surface area contributed by atoms with Gasteiger partial charge in [0.15, 0.2) is 5.78 Å². The van der Waals surface area contributed by atoms with Crippen LogP contribution < -0.4 is 5.73 Å². The topological polar surface area (TPSA) is 60.9 Å². The standard InChI is InChI=1S/C12H18BrN3O/c1-2-16-11(10(13)7-15-16)12(17)9-5-3-4-8(9)6-14/h7-9H,2-6,14H2,1H3. The molecule has 1 aromatic heterocycles. The van der Waals surface area contributed by atoms with Crippen LogP contribution in [-0.2, 0) is 6.54 Å². The molecule has 0 aliphatic heterocycles. The molecule has 2 atom stereocenters. The van der Waals surface area contributed by atoms with Crippen LogP contribution in [0.25, 0.3) is 0 Å². The lowest BCUT2D eigenvalue weighted by atomic mass is 9.90. The van der Waals surface area contributed by atoms with Gasteiger partial charge in [-0.05, 0) is 48.2 Å². The molecule has 0 bridgehead atoms. The van der Waals surface area contributed by atoms with Gasteiger partial charge in [0.2, 0.25) is 0 Å². The molecule has 0 radical (unpaired) electrons. The van der Waals surface area contributed by atoms with Gasteiger partial charge in [0, 0.05) is 12.5 Å². The van der Waals surface area contributed by atoms with Gasteiger partial charge >= 0.3 is 0 Å².